The third-order valence-corrected chi connectivity index (χ3v) is 7.36. The van der Waals surface area contributed by atoms with Crippen molar-refractivity contribution in [1.82, 2.24) is 15.4 Å². The molecule has 4 aromatic rings. The number of fused-ring (bicyclic) bond motifs is 1. The highest BCUT2D eigenvalue weighted by molar-refractivity contribution is 14.1. The second-order valence-electron chi connectivity index (χ2n) is 7.80. The van der Waals surface area contributed by atoms with E-state index in [1.165, 1.54) is 22.5 Å². The molecule has 0 aliphatic rings. The van der Waals surface area contributed by atoms with Crippen molar-refractivity contribution in [3.8, 4) is 5.75 Å². The fourth-order valence-electron chi connectivity index (χ4n) is 3.38. The normalized spacial score (nSPS) is 11.2. The topological polar surface area (TPSA) is 76.5 Å². The van der Waals surface area contributed by atoms with E-state index in [4.69, 9.17) is 4.74 Å². The maximum Gasteiger partial charge on any atom is 0.250 e. The summed E-state index contributed by atoms with van der Waals surface area (Å²) >= 11 is 5.81. The lowest BCUT2D eigenvalue weighted by molar-refractivity contribution is -0.118. The van der Waals surface area contributed by atoms with Gasteiger partial charge in [-0.05, 0) is 105 Å². The van der Waals surface area contributed by atoms with Crippen molar-refractivity contribution in [1.29, 1.82) is 0 Å². The van der Waals surface area contributed by atoms with Gasteiger partial charge in [0.25, 0.3) is 5.91 Å². The molecule has 4 rings (SSSR count). The number of thioether (sulfide) groups is 1. The Kier molecular flexibility index (Phi) is 8.95. The van der Waals surface area contributed by atoms with E-state index in [-0.39, 0.29) is 11.7 Å². The van der Waals surface area contributed by atoms with Gasteiger partial charge in [-0.25, -0.2) is 15.4 Å². The maximum absolute atomic E-state index is 12.1. The molecule has 0 bridgehead atoms. The summed E-state index contributed by atoms with van der Waals surface area (Å²) in [4.78, 5) is 20.8. The number of aromatic nitrogens is 2. The molecular weight excluding hydrogens is 686 g/mol. The smallest absolute Gasteiger partial charge is 0.250 e. The number of hydrogen-bond acceptors (Lipinski definition) is 6. The Hall–Kier alpha value is -2.25. The van der Waals surface area contributed by atoms with Crippen molar-refractivity contribution in [2.75, 3.05) is 5.75 Å². The summed E-state index contributed by atoms with van der Waals surface area (Å²) in [7, 11) is 0. The van der Waals surface area contributed by atoms with Gasteiger partial charge in [0, 0.05) is 11.4 Å². The zero-order chi connectivity index (χ0) is 24.8. The molecule has 1 amide bonds. The van der Waals surface area contributed by atoms with Crippen LogP contribution in [0.2, 0.25) is 0 Å². The van der Waals surface area contributed by atoms with Crippen LogP contribution in [-0.4, -0.2) is 27.8 Å². The molecule has 6 nitrogen and oxygen atoms in total. The van der Waals surface area contributed by atoms with Crippen LogP contribution in [0.4, 0.5) is 0 Å². The van der Waals surface area contributed by atoms with E-state index >= 15 is 0 Å². The van der Waals surface area contributed by atoms with Crippen LogP contribution in [-0.2, 0) is 11.4 Å². The van der Waals surface area contributed by atoms with Crippen molar-refractivity contribution in [3.05, 3.63) is 90.3 Å². The molecule has 35 heavy (non-hydrogen) atoms. The molecular formula is C26H22I2N4O2S. The predicted molar refractivity (Wildman–Crippen MR) is 158 cm³/mol. The Morgan fingerprint density at radius 2 is 1.69 bits per heavy atom. The summed E-state index contributed by atoms with van der Waals surface area (Å²) in [5.74, 6) is 0.816. The van der Waals surface area contributed by atoms with Crippen molar-refractivity contribution in [2.45, 2.75) is 25.6 Å². The lowest BCUT2D eigenvalue weighted by Crippen LogP contribution is -2.19. The summed E-state index contributed by atoms with van der Waals surface area (Å²) in [6.45, 7) is 4.30. The average molecular weight is 708 g/mol. The predicted octanol–water partition coefficient (Wildman–Crippen LogP) is 6.28. The summed E-state index contributed by atoms with van der Waals surface area (Å²) in [6.07, 6.45) is 1.63. The SMILES string of the molecule is Cc1cc(C)nc(SCC(=O)N/N=C\c2cc(I)c(OCc3ccc4ccccc4c3)c(I)c2)n1. The Morgan fingerprint density at radius 3 is 2.40 bits per heavy atom. The number of ether oxygens (including phenoxy) is 1. The summed E-state index contributed by atoms with van der Waals surface area (Å²) < 4.78 is 8.10. The molecule has 1 heterocycles. The van der Waals surface area contributed by atoms with Gasteiger partial charge in [0.1, 0.15) is 12.4 Å². The molecule has 1 aromatic heterocycles. The Bertz CT molecular complexity index is 1370. The standard InChI is InChI=1S/C26H22I2N4O2S/c1-16-9-17(2)31-26(30-16)35-15-24(33)32-29-13-19-11-22(27)25(23(28)12-19)34-14-18-7-8-20-5-3-4-6-21(20)10-18/h3-13H,14-15H2,1-2H3,(H,32,33)/b29-13-. The van der Waals surface area contributed by atoms with Gasteiger partial charge in [0.15, 0.2) is 5.16 Å². The molecule has 0 saturated carbocycles. The third kappa shape index (κ3) is 7.37. The first-order valence-electron chi connectivity index (χ1n) is 10.7. The first-order valence-corrected chi connectivity index (χ1v) is 13.9. The van der Waals surface area contributed by atoms with E-state index in [0.717, 1.165) is 35.4 Å². The number of amides is 1. The van der Waals surface area contributed by atoms with Crippen LogP contribution in [0.15, 0.2) is 70.9 Å². The van der Waals surface area contributed by atoms with Gasteiger partial charge in [-0.15, -0.1) is 0 Å². The number of halogens is 2. The van der Waals surface area contributed by atoms with Gasteiger partial charge in [0.2, 0.25) is 0 Å². The number of hydrazone groups is 1. The second-order valence-corrected chi connectivity index (χ2v) is 11.1. The second kappa shape index (κ2) is 12.1. The maximum atomic E-state index is 12.1. The number of carbonyl (C=O) groups is 1. The highest BCUT2D eigenvalue weighted by Crippen LogP contribution is 2.29. The van der Waals surface area contributed by atoms with Crippen LogP contribution in [0.5, 0.6) is 5.75 Å². The zero-order valence-electron chi connectivity index (χ0n) is 19.1. The number of benzene rings is 3. The fraction of sp³-hybridized carbons (Fsp3) is 0.154. The lowest BCUT2D eigenvalue weighted by Gasteiger charge is -2.12. The molecule has 178 valence electrons. The number of nitrogens with zero attached hydrogens (tertiary/aromatic N) is 3. The quantitative estimate of drug-likeness (QED) is 0.0768. The monoisotopic (exact) mass is 708 g/mol. The molecule has 0 unspecified atom stereocenters. The van der Waals surface area contributed by atoms with Gasteiger partial charge < -0.3 is 4.74 Å². The van der Waals surface area contributed by atoms with E-state index in [9.17, 15) is 4.79 Å². The number of carbonyl (C=O) groups excluding carboxylic acids is 1. The van der Waals surface area contributed by atoms with Crippen LogP contribution >= 0.6 is 56.9 Å². The molecule has 1 N–H and O–H groups in total. The first-order chi connectivity index (χ1) is 16.9. The Labute approximate surface area is 235 Å². The van der Waals surface area contributed by atoms with E-state index in [0.29, 0.717) is 11.8 Å². The molecule has 0 spiro atoms. The Morgan fingerprint density at radius 1 is 1.00 bits per heavy atom. The number of aryl methyl sites for hydroxylation is 2. The van der Waals surface area contributed by atoms with Crippen molar-refractivity contribution in [2.24, 2.45) is 5.10 Å². The minimum Gasteiger partial charge on any atom is -0.487 e. The largest absolute Gasteiger partial charge is 0.487 e. The molecule has 0 atom stereocenters. The highest BCUT2D eigenvalue weighted by Gasteiger charge is 2.10. The average Bonchev–Trinajstić information content (AvgIpc) is 2.81. The zero-order valence-corrected chi connectivity index (χ0v) is 24.2. The third-order valence-electron chi connectivity index (χ3n) is 4.91. The Balaban J connectivity index is 1.32. The van der Waals surface area contributed by atoms with Gasteiger partial charge in [-0.2, -0.15) is 5.10 Å². The minimum absolute atomic E-state index is 0.191. The first kappa shape index (κ1) is 25.8. The summed E-state index contributed by atoms with van der Waals surface area (Å²) in [5, 5.41) is 7.10. The minimum atomic E-state index is -0.214. The van der Waals surface area contributed by atoms with Crippen LogP contribution in [0.3, 0.4) is 0 Å². The molecule has 0 aliphatic heterocycles. The molecule has 0 radical (unpaired) electrons. The van der Waals surface area contributed by atoms with Gasteiger partial charge >= 0.3 is 0 Å². The van der Waals surface area contributed by atoms with Crippen molar-refractivity contribution < 1.29 is 9.53 Å². The fourth-order valence-corrected chi connectivity index (χ4v) is 6.24. The number of nitrogens with one attached hydrogen (secondary N) is 1. The molecule has 3 aromatic carbocycles. The molecule has 0 aliphatic carbocycles. The van der Waals surface area contributed by atoms with E-state index < -0.39 is 0 Å². The van der Waals surface area contributed by atoms with Crippen LogP contribution in [0.1, 0.15) is 22.5 Å². The summed E-state index contributed by atoms with van der Waals surface area (Å²) in [6, 6.07) is 20.5. The van der Waals surface area contributed by atoms with E-state index in [2.05, 4.69) is 96.0 Å². The van der Waals surface area contributed by atoms with E-state index in [1.807, 2.05) is 44.2 Å². The molecule has 0 fully saturated rings. The highest BCUT2D eigenvalue weighted by atomic mass is 127. The van der Waals surface area contributed by atoms with Gasteiger partial charge in [-0.3, -0.25) is 4.79 Å². The van der Waals surface area contributed by atoms with Crippen molar-refractivity contribution >= 4 is 79.8 Å². The van der Waals surface area contributed by atoms with Crippen LogP contribution in [0.25, 0.3) is 10.8 Å². The number of rotatable bonds is 8. The summed E-state index contributed by atoms with van der Waals surface area (Å²) in [5.41, 5.74) is 6.32. The van der Waals surface area contributed by atoms with Gasteiger partial charge in [-0.1, -0.05) is 48.2 Å². The van der Waals surface area contributed by atoms with Crippen molar-refractivity contribution in [3.63, 3.8) is 0 Å². The molecule has 9 heteroatoms. The van der Waals surface area contributed by atoms with Crippen LogP contribution < -0.4 is 10.2 Å². The number of hydrogen-bond donors (Lipinski definition) is 1. The molecule has 0 saturated heterocycles. The van der Waals surface area contributed by atoms with E-state index in [1.54, 1.807) is 6.21 Å². The van der Waals surface area contributed by atoms with Gasteiger partial charge in [0.05, 0.1) is 19.1 Å². The van der Waals surface area contributed by atoms with Crippen LogP contribution in [0, 0.1) is 21.0 Å². The lowest BCUT2D eigenvalue weighted by atomic mass is 10.1.